The molecule has 0 spiro atoms. The van der Waals surface area contributed by atoms with Gasteiger partial charge in [0.2, 0.25) is 0 Å². The maximum Gasteiger partial charge on any atom is 0.335 e. The molecule has 1 aromatic rings. The molecule has 1 rings (SSSR count). The van der Waals surface area contributed by atoms with Crippen LogP contribution in [0.4, 0.5) is 0 Å². The zero-order valence-corrected chi connectivity index (χ0v) is 13.7. The van der Waals surface area contributed by atoms with Crippen LogP contribution in [0.25, 0.3) is 0 Å². The molecule has 0 heterocycles. The van der Waals surface area contributed by atoms with Crippen molar-refractivity contribution in [2.75, 3.05) is 0 Å². The number of hydrogen-bond acceptors (Lipinski definition) is 1. The van der Waals surface area contributed by atoms with Crippen LogP contribution in [0, 0.1) is 10.8 Å². The largest absolute Gasteiger partial charge is 0.478 e. The minimum Gasteiger partial charge on any atom is -0.478 e. The molecule has 0 radical (unpaired) electrons. The van der Waals surface area contributed by atoms with Gasteiger partial charge < -0.3 is 5.11 Å². The second kappa shape index (κ2) is 5.99. The maximum atomic E-state index is 11.2. The number of aromatic carboxylic acids is 1. The molecule has 1 unspecified atom stereocenters. The van der Waals surface area contributed by atoms with Gasteiger partial charge in [0.1, 0.15) is 0 Å². The van der Waals surface area contributed by atoms with E-state index in [1.165, 1.54) is 0 Å². The fourth-order valence-electron chi connectivity index (χ4n) is 2.51. The Bertz CT molecular complexity index is 467. The molecule has 0 aromatic heterocycles. The van der Waals surface area contributed by atoms with E-state index in [-0.39, 0.29) is 10.8 Å². The van der Waals surface area contributed by atoms with Gasteiger partial charge in [0, 0.05) is 0 Å². The van der Waals surface area contributed by atoms with Gasteiger partial charge in [-0.05, 0) is 40.9 Å². The average molecular weight is 276 g/mol. The van der Waals surface area contributed by atoms with Crippen LogP contribution in [0.2, 0.25) is 0 Å². The van der Waals surface area contributed by atoms with Crippen molar-refractivity contribution in [3.05, 3.63) is 35.4 Å². The normalized spacial score (nSPS) is 14.1. The fourth-order valence-corrected chi connectivity index (χ4v) is 2.51. The van der Waals surface area contributed by atoms with Gasteiger partial charge in [0.25, 0.3) is 0 Å². The van der Waals surface area contributed by atoms with Crippen LogP contribution < -0.4 is 0 Å². The average Bonchev–Trinajstić information content (AvgIpc) is 2.35. The number of carboxylic acids is 1. The topological polar surface area (TPSA) is 37.3 Å². The number of rotatable bonds is 5. The van der Waals surface area contributed by atoms with Crippen LogP contribution in [-0.4, -0.2) is 11.1 Å². The Balaban J connectivity index is 3.18. The quantitative estimate of drug-likeness (QED) is 0.788. The molecule has 1 N–H and O–H groups in total. The van der Waals surface area contributed by atoms with Crippen molar-refractivity contribution in [2.24, 2.45) is 10.8 Å². The highest BCUT2D eigenvalue weighted by Gasteiger charge is 2.31. The maximum absolute atomic E-state index is 11.2. The van der Waals surface area contributed by atoms with Crippen LogP contribution in [0.5, 0.6) is 0 Å². The zero-order chi connectivity index (χ0) is 15.6. The van der Waals surface area contributed by atoms with Crippen LogP contribution >= 0.6 is 0 Å². The van der Waals surface area contributed by atoms with Gasteiger partial charge in [-0.1, -0.05) is 60.1 Å². The third kappa shape index (κ3) is 4.36. The lowest BCUT2D eigenvalue weighted by Gasteiger charge is -2.37. The molecule has 20 heavy (non-hydrogen) atoms. The summed E-state index contributed by atoms with van der Waals surface area (Å²) in [6.45, 7) is 13.5. The van der Waals surface area contributed by atoms with Crippen molar-refractivity contribution in [2.45, 2.75) is 60.3 Å². The summed E-state index contributed by atoms with van der Waals surface area (Å²) < 4.78 is 0. The third-order valence-corrected chi connectivity index (χ3v) is 4.30. The van der Waals surface area contributed by atoms with E-state index in [0.717, 1.165) is 18.4 Å². The Morgan fingerprint density at radius 2 is 1.80 bits per heavy atom. The number of benzene rings is 1. The van der Waals surface area contributed by atoms with E-state index in [2.05, 4.69) is 47.6 Å². The first-order valence-corrected chi connectivity index (χ1v) is 7.40. The Morgan fingerprint density at radius 3 is 2.25 bits per heavy atom. The van der Waals surface area contributed by atoms with E-state index < -0.39 is 5.97 Å². The summed E-state index contributed by atoms with van der Waals surface area (Å²) in [5.74, 6) is -0.494. The molecular weight excluding hydrogens is 248 g/mol. The van der Waals surface area contributed by atoms with Crippen molar-refractivity contribution in [3.63, 3.8) is 0 Å². The minimum absolute atomic E-state index is 0.115. The Kier molecular flexibility index (Phi) is 5.01. The molecule has 112 valence electrons. The molecule has 0 aliphatic rings. The third-order valence-electron chi connectivity index (χ3n) is 4.30. The summed E-state index contributed by atoms with van der Waals surface area (Å²) in [5.41, 5.74) is 1.89. The fraction of sp³-hybridized carbons (Fsp3) is 0.611. The number of carboxylic acid groups (broad SMARTS) is 1. The standard InChI is InChI=1S/C18H28O2/c1-7-18(5,6)12-15(17(2,3)4)13-9-8-10-14(11-13)16(19)20/h8-11,15H,7,12H2,1-6H3,(H,19,20). The Hall–Kier alpha value is -1.31. The van der Waals surface area contributed by atoms with Crippen molar-refractivity contribution in [3.8, 4) is 0 Å². The minimum atomic E-state index is -0.853. The first kappa shape index (κ1) is 16.7. The van der Waals surface area contributed by atoms with Gasteiger partial charge in [0.15, 0.2) is 0 Å². The summed E-state index contributed by atoms with van der Waals surface area (Å²) in [6, 6.07) is 7.42. The molecule has 1 atom stereocenters. The van der Waals surface area contributed by atoms with Crippen molar-refractivity contribution < 1.29 is 9.90 Å². The van der Waals surface area contributed by atoms with Crippen LogP contribution in [0.15, 0.2) is 24.3 Å². The Morgan fingerprint density at radius 1 is 1.20 bits per heavy atom. The van der Waals surface area contributed by atoms with E-state index in [0.29, 0.717) is 11.5 Å². The highest BCUT2D eigenvalue weighted by Crippen LogP contribution is 2.44. The molecule has 2 nitrogen and oxygen atoms in total. The lowest BCUT2D eigenvalue weighted by Crippen LogP contribution is -2.25. The molecule has 1 aromatic carbocycles. The van der Waals surface area contributed by atoms with Gasteiger partial charge in [0.05, 0.1) is 5.56 Å². The molecule has 0 saturated heterocycles. The summed E-state index contributed by atoms with van der Waals surface area (Å²) in [5, 5.41) is 9.17. The van der Waals surface area contributed by atoms with Crippen molar-refractivity contribution in [1.29, 1.82) is 0 Å². The van der Waals surface area contributed by atoms with E-state index in [9.17, 15) is 9.90 Å². The van der Waals surface area contributed by atoms with Gasteiger partial charge >= 0.3 is 5.97 Å². The molecular formula is C18H28O2. The van der Waals surface area contributed by atoms with E-state index in [4.69, 9.17) is 0 Å². The molecule has 0 aliphatic carbocycles. The molecule has 0 amide bonds. The van der Waals surface area contributed by atoms with Crippen molar-refractivity contribution >= 4 is 5.97 Å². The second-order valence-electron chi connectivity index (χ2n) is 7.57. The monoisotopic (exact) mass is 276 g/mol. The predicted octanol–water partition coefficient (Wildman–Crippen LogP) is 5.34. The number of carbonyl (C=O) groups is 1. The second-order valence-corrected chi connectivity index (χ2v) is 7.57. The lowest BCUT2D eigenvalue weighted by molar-refractivity contribution is 0.0696. The van der Waals surface area contributed by atoms with Crippen LogP contribution in [0.3, 0.4) is 0 Å². The molecule has 0 fully saturated rings. The summed E-state index contributed by atoms with van der Waals surface area (Å²) in [6.07, 6.45) is 2.19. The highest BCUT2D eigenvalue weighted by molar-refractivity contribution is 5.87. The molecule has 0 aliphatic heterocycles. The van der Waals surface area contributed by atoms with E-state index in [1.54, 1.807) is 6.07 Å². The van der Waals surface area contributed by atoms with Gasteiger partial charge in [-0.15, -0.1) is 0 Å². The summed E-state index contributed by atoms with van der Waals surface area (Å²) >= 11 is 0. The predicted molar refractivity (Wildman–Crippen MR) is 84.3 cm³/mol. The SMILES string of the molecule is CCC(C)(C)CC(c1cccc(C(=O)O)c1)C(C)(C)C. The molecule has 2 heteroatoms. The Labute approximate surface area is 123 Å². The van der Waals surface area contributed by atoms with E-state index >= 15 is 0 Å². The van der Waals surface area contributed by atoms with Gasteiger partial charge in [-0.3, -0.25) is 0 Å². The lowest BCUT2D eigenvalue weighted by atomic mass is 9.68. The van der Waals surface area contributed by atoms with Gasteiger partial charge in [-0.25, -0.2) is 4.79 Å². The van der Waals surface area contributed by atoms with Gasteiger partial charge in [-0.2, -0.15) is 0 Å². The highest BCUT2D eigenvalue weighted by atomic mass is 16.4. The molecule has 0 bridgehead atoms. The molecule has 0 saturated carbocycles. The summed E-state index contributed by atoms with van der Waals surface area (Å²) in [7, 11) is 0. The van der Waals surface area contributed by atoms with Crippen LogP contribution in [0.1, 0.15) is 76.2 Å². The first-order chi connectivity index (χ1) is 9.07. The smallest absolute Gasteiger partial charge is 0.335 e. The number of hydrogen-bond donors (Lipinski definition) is 1. The van der Waals surface area contributed by atoms with Crippen molar-refractivity contribution in [1.82, 2.24) is 0 Å². The summed E-state index contributed by atoms with van der Waals surface area (Å²) in [4.78, 5) is 11.2. The van der Waals surface area contributed by atoms with Crippen LogP contribution in [-0.2, 0) is 0 Å². The van der Waals surface area contributed by atoms with E-state index in [1.807, 2.05) is 12.1 Å². The zero-order valence-electron chi connectivity index (χ0n) is 13.7. The first-order valence-electron chi connectivity index (χ1n) is 7.40.